The standard InChI is InChI=1S/C13H19N3O3/c14-12-7-11(1-2-13(12)16(18)19)8-15-5-3-10(9-17)4-6-15/h1-2,7,10,17H,3-6,8-9,14H2. The van der Waals surface area contributed by atoms with Gasteiger partial charge in [0.15, 0.2) is 0 Å². The van der Waals surface area contributed by atoms with Crippen LogP contribution in [0.2, 0.25) is 0 Å². The first-order chi connectivity index (χ1) is 9.10. The molecule has 1 aliphatic rings. The number of piperidine rings is 1. The Hall–Kier alpha value is -1.66. The third-order valence-corrected chi connectivity index (χ3v) is 3.66. The Bertz CT molecular complexity index is 456. The third-order valence-electron chi connectivity index (χ3n) is 3.66. The van der Waals surface area contributed by atoms with Crippen molar-refractivity contribution in [2.45, 2.75) is 19.4 Å². The van der Waals surface area contributed by atoms with Crippen molar-refractivity contribution in [3.8, 4) is 0 Å². The maximum absolute atomic E-state index is 10.7. The van der Waals surface area contributed by atoms with Crippen molar-refractivity contribution in [1.82, 2.24) is 4.90 Å². The van der Waals surface area contributed by atoms with Crippen molar-refractivity contribution in [2.24, 2.45) is 5.92 Å². The lowest BCUT2D eigenvalue weighted by Crippen LogP contribution is -2.34. The summed E-state index contributed by atoms with van der Waals surface area (Å²) in [6.07, 6.45) is 2.00. The highest BCUT2D eigenvalue weighted by Gasteiger charge is 2.19. The summed E-state index contributed by atoms with van der Waals surface area (Å²) in [6, 6.07) is 4.90. The summed E-state index contributed by atoms with van der Waals surface area (Å²) in [5, 5.41) is 19.8. The molecule has 1 fully saturated rings. The summed E-state index contributed by atoms with van der Waals surface area (Å²) < 4.78 is 0. The van der Waals surface area contributed by atoms with Gasteiger partial charge >= 0.3 is 0 Å². The van der Waals surface area contributed by atoms with Gasteiger partial charge in [0, 0.05) is 19.2 Å². The molecule has 1 saturated heterocycles. The van der Waals surface area contributed by atoms with Crippen LogP contribution in [0.1, 0.15) is 18.4 Å². The molecule has 0 amide bonds. The lowest BCUT2D eigenvalue weighted by molar-refractivity contribution is -0.383. The second kappa shape index (κ2) is 5.99. The fourth-order valence-corrected chi connectivity index (χ4v) is 2.45. The third kappa shape index (κ3) is 3.42. The second-order valence-corrected chi connectivity index (χ2v) is 5.05. The largest absolute Gasteiger partial charge is 0.396 e. The Kier molecular flexibility index (Phi) is 4.34. The highest BCUT2D eigenvalue weighted by Crippen LogP contribution is 2.24. The van der Waals surface area contributed by atoms with E-state index in [-0.39, 0.29) is 18.0 Å². The Labute approximate surface area is 112 Å². The zero-order valence-corrected chi connectivity index (χ0v) is 10.8. The Morgan fingerprint density at radius 3 is 2.63 bits per heavy atom. The first kappa shape index (κ1) is 13.8. The van der Waals surface area contributed by atoms with E-state index >= 15 is 0 Å². The molecule has 0 unspecified atom stereocenters. The fourth-order valence-electron chi connectivity index (χ4n) is 2.45. The molecule has 0 spiro atoms. The molecule has 1 aromatic rings. The number of likely N-dealkylation sites (tertiary alicyclic amines) is 1. The van der Waals surface area contributed by atoms with Crippen molar-refractivity contribution in [2.75, 3.05) is 25.4 Å². The molecule has 1 heterocycles. The molecular formula is C13H19N3O3. The maximum atomic E-state index is 10.7. The maximum Gasteiger partial charge on any atom is 0.292 e. The molecule has 0 aliphatic carbocycles. The van der Waals surface area contributed by atoms with E-state index in [9.17, 15) is 10.1 Å². The molecule has 1 aliphatic heterocycles. The number of rotatable bonds is 4. The number of hydrogen-bond donors (Lipinski definition) is 2. The molecule has 104 valence electrons. The van der Waals surface area contributed by atoms with Gasteiger partial charge in [-0.1, -0.05) is 6.07 Å². The SMILES string of the molecule is Nc1cc(CN2CCC(CO)CC2)ccc1[N+](=O)[O-]. The van der Waals surface area contributed by atoms with E-state index in [4.69, 9.17) is 10.8 Å². The number of nitrogens with zero attached hydrogens (tertiary/aromatic N) is 2. The quantitative estimate of drug-likeness (QED) is 0.487. The van der Waals surface area contributed by atoms with Crippen molar-refractivity contribution >= 4 is 11.4 Å². The zero-order chi connectivity index (χ0) is 13.8. The van der Waals surface area contributed by atoms with Crippen LogP contribution >= 0.6 is 0 Å². The van der Waals surface area contributed by atoms with Gasteiger partial charge in [0.1, 0.15) is 5.69 Å². The highest BCUT2D eigenvalue weighted by atomic mass is 16.6. The van der Waals surface area contributed by atoms with E-state index in [1.54, 1.807) is 12.1 Å². The van der Waals surface area contributed by atoms with Crippen molar-refractivity contribution in [1.29, 1.82) is 0 Å². The number of nitro benzene ring substituents is 1. The number of hydrogen-bond acceptors (Lipinski definition) is 5. The van der Waals surface area contributed by atoms with Gasteiger partial charge in [-0.15, -0.1) is 0 Å². The Balaban J connectivity index is 1.97. The van der Waals surface area contributed by atoms with Gasteiger partial charge in [0.05, 0.1) is 4.92 Å². The fraction of sp³-hybridized carbons (Fsp3) is 0.538. The minimum Gasteiger partial charge on any atom is -0.396 e. The summed E-state index contributed by atoms with van der Waals surface area (Å²) in [5.41, 5.74) is 6.85. The van der Waals surface area contributed by atoms with Gasteiger partial charge in [-0.3, -0.25) is 15.0 Å². The predicted molar refractivity (Wildman–Crippen MR) is 72.6 cm³/mol. The van der Waals surface area contributed by atoms with Crippen LogP contribution in [0.4, 0.5) is 11.4 Å². The highest BCUT2D eigenvalue weighted by molar-refractivity contribution is 5.59. The Morgan fingerprint density at radius 2 is 2.11 bits per heavy atom. The molecule has 0 aromatic heterocycles. The van der Waals surface area contributed by atoms with Gasteiger partial charge in [-0.05, 0) is 43.5 Å². The van der Waals surface area contributed by atoms with Crippen LogP contribution in [0.3, 0.4) is 0 Å². The number of aliphatic hydroxyl groups is 1. The van der Waals surface area contributed by atoms with E-state index in [0.717, 1.165) is 38.0 Å². The molecule has 6 nitrogen and oxygen atoms in total. The van der Waals surface area contributed by atoms with Gasteiger partial charge in [-0.25, -0.2) is 0 Å². The van der Waals surface area contributed by atoms with E-state index in [0.29, 0.717) is 5.92 Å². The summed E-state index contributed by atoms with van der Waals surface area (Å²) in [4.78, 5) is 12.5. The topological polar surface area (TPSA) is 92.6 Å². The summed E-state index contributed by atoms with van der Waals surface area (Å²) in [6.45, 7) is 2.91. The molecule has 0 radical (unpaired) electrons. The molecular weight excluding hydrogens is 246 g/mol. The van der Waals surface area contributed by atoms with E-state index in [1.165, 1.54) is 6.07 Å². The van der Waals surface area contributed by atoms with Crippen LogP contribution in [0.25, 0.3) is 0 Å². The van der Waals surface area contributed by atoms with Crippen molar-refractivity contribution < 1.29 is 10.0 Å². The molecule has 0 saturated carbocycles. The number of nitrogens with two attached hydrogens (primary N) is 1. The van der Waals surface area contributed by atoms with Gasteiger partial charge in [0.2, 0.25) is 0 Å². The van der Waals surface area contributed by atoms with Crippen LogP contribution in [0.15, 0.2) is 18.2 Å². The number of aliphatic hydroxyl groups excluding tert-OH is 1. The average molecular weight is 265 g/mol. The molecule has 1 aromatic carbocycles. The number of benzene rings is 1. The summed E-state index contributed by atoms with van der Waals surface area (Å²) >= 11 is 0. The van der Waals surface area contributed by atoms with Gasteiger partial charge in [0.25, 0.3) is 5.69 Å². The van der Waals surface area contributed by atoms with Gasteiger partial charge < -0.3 is 10.8 Å². The second-order valence-electron chi connectivity index (χ2n) is 5.05. The zero-order valence-electron chi connectivity index (χ0n) is 10.8. The first-order valence-corrected chi connectivity index (χ1v) is 6.46. The predicted octanol–water partition coefficient (Wildman–Crippen LogP) is 1.38. The van der Waals surface area contributed by atoms with Crippen LogP contribution in [0.5, 0.6) is 0 Å². The molecule has 0 bridgehead atoms. The van der Waals surface area contributed by atoms with Crippen LogP contribution in [-0.4, -0.2) is 34.6 Å². The lowest BCUT2D eigenvalue weighted by Gasteiger charge is -2.31. The molecule has 6 heteroatoms. The van der Waals surface area contributed by atoms with Crippen LogP contribution < -0.4 is 5.73 Å². The smallest absolute Gasteiger partial charge is 0.292 e. The average Bonchev–Trinajstić information content (AvgIpc) is 2.39. The monoisotopic (exact) mass is 265 g/mol. The summed E-state index contributed by atoms with van der Waals surface area (Å²) in [5.74, 6) is 0.415. The van der Waals surface area contributed by atoms with Crippen molar-refractivity contribution in [3.63, 3.8) is 0 Å². The number of nitrogen functional groups attached to an aromatic ring is 1. The van der Waals surface area contributed by atoms with E-state index in [2.05, 4.69) is 4.90 Å². The van der Waals surface area contributed by atoms with Crippen molar-refractivity contribution in [3.05, 3.63) is 33.9 Å². The molecule has 3 N–H and O–H groups in total. The normalized spacial score (nSPS) is 17.5. The molecule has 19 heavy (non-hydrogen) atoms. The number of nitro groups is 1. The van der Waals surface area contributed by atoms with Crippen LogP contribution in [0, 0.1) is 16.0 Å². The van der Waals surface area contributed by atoms with E-state index in [1.807, 2.05) is 0 Å². The first-order valence-electron chi connectivity index (χ1n) is 6.46. The molecule has 0 atom stereocenters. The Morgan fingerprint density at radius 1 is 1.42 bits per heavy atom. The molecule has 2 rings (SSSR count). The number of anilines is 1. The van der Waals surface area contributed by atoms with Crippen LogP contribution in [-0.2, 0) is 6.54 Å². The van der Waals surface area contributed by atoms with E-state index < -0.39 is 4.92 Å². The minimum atomic E-state index is -0.466. The lowest BCUT2D eigenvalue weighted by atomic mass is 9.97. The van der Waals surface area contributed by atoms with Gasteiger partial charge in [-0.2, -0.15) is 0 Å². The minimum absolute atomic E-state index is 0.0391. The summed E-state index contributed by atoms with van der Waals surface area (Å²) in [7, 11) is 0.